The molecule has 7 rings (SSSR count). The second-order valence-electron chi connectivity index (χ2n) is 18.5. The van der Waals surface area contributed by atoms with E-state index in [-0.39, 0.29) is 11.5 Å². The molecule has 7 aromatic rings. The van der Waals surface area contributed by atoms with E-state index in [1.807, 2.05) is 91.8 Å². The smallest absolute Gasteiger partial charge is 0.378 e. The van der Waals surface area contributed by atoms with Crippen LogP contribution >= 0.6 is 0 Å². The van der Waals surface area contributed by atoms with Crippen LogP contribution in [0.4, 0.5) is 111 Å². The lowest BCUT2D eigenvalue weighted by Crippen LogP contribution is -2.75. The zero-order valence-electron chi connectivity index (χ0n) is 41.5. The highest BCUT2D eigenvalue weighted by molar-refractivity contribution is 8.03. The Labute approximate surface area is 454 Å². The number of alkyl halides is 24. The Balaban J connectivity index is 0.000000352. The van der Waals surface area contributed by atoms with Gasteiger partial charge in [0.2, 0.25) is 5.78 Å². The Morgan fingerprint density at radius 2 is 0.566 bits per heavy atom. The highest BCUT2D eigenvalue weighted by Crippen LogP contribution is 2.42. The average Bonchev–Trinajstić information content (AvgIpc) is 3.03. The molecule has 29 heteroatoms. The van der Waals surface area contributed by atoms with Crippen molar-refractivity contribution in [2.45, 2.75) is 59.2 Å². The standard InChI is InChI=1S/C32H12BF24.C22H22NO2S/c34-25(35,36)13-1-14(26(37,38)39)6-21(5-13)33(22-7-15(27(40,41)42)2-16(8-22)28(43,44)45,23-9-17(29(46,47)48)3-18(10-23)30(49,50)51)24-11-19(31(52,53)54)4-20(12-24)32(55,56)57;1-23(2)19-15-13-18(14-16-19)22(24)17-26(25,20-9-5-3-6-10-20)21-11-7-4-8-12-21/h1-12H;3-16H,17H2,1-2H3/q-1;+1. The van der Waals surface area contributed by atoms with Crippen LogP contribution in [-0.4, -0.2) is 31.8 Å². The minimum atomic E-state index is -6.13. The van der Waals surface area contributed by atoms with Gasteiger partial charge in [0.15, 0.2) is 25.5 Å². The summed E-state index contributed by atoms with van der Waals surface area (Å²) in [5.74, 6) is -0.157. The molecule has 0 heterocycles. The van der Waals surface area contributed by atoms with Gasteiger partial charge >= 0.3 is 49.4 Å². The van der Waals surface area contributed by atoms with Gasteiger partial charge < -0.3 is 4.90 Å². The summed E-state index contributed by atoms with van der Waals surface area (Å²) in [6, 6.07) is 17.1. The maximum absolute atomic E-state index is 14.2. The average molecular weight is 1230 g/mol. The Morgan fingerprint density at radius 3 is 0.759 bits per heavy atom. The van der Waals surface area contributed by atoms with Crippen molar-refractivity contribution in [3.63, 3.8) is 0 Å². The third-order valence-electron chi connectivity index (χ3n) is 12.7. The van der Waals surface area contributed by atoms with Gasteiger partial charge in [0.25, 0.3) is 0 Å². The van der Waals surface area contributed by atoms with E-state index in [4.69, 9.17) is 0 Å². The number of anilines is 1. The molecule has 83 heavy (non-hydrogen) atoms. The topological polar surface area (TPSA) is 37.4 Å². The number of nitrogens with zero attached hydrogens (tertiary/aromatic N) is 1. The van der Waals surface area contributed by atoms with Gasteiger partial charge in [-0.15, -0.1) is 0 Å². The molecule has 0 atom stereocenters. The minimum absolute atomic E-state index is 0.0393. The maximum atomic E-state index is 14.2. The summed E-state index contributed by atoms with van der Waals surface area (Å²) < 4.78 is 355. The second-order valence-corrected chi connectivity index (χ2v) is 21.1. The summed E-state index contributed by atoms with van der Waals surface area (Å²) in [6.07, 6.45) is -54.8. The molecule has 0 radical (unpaired) electrons. The van der Waals surface area contributed by atoms with Gasteiger partial charge in [-0.2, -0.15) is 127 Å². The van der Waals surface area contributed by atoms with Crippen molar-refractivity contribution < 1.29 is 114 Å². The number of carbonyl (C=O) groups excluding carboxylic acids is 1. The quantitative estimate of drug-likeness (QED) is 0.0593. The van der Waals surface area contributed by atoms with Crippen molar-refractivity contribution in [3.8, 4) is 0 Å². The molecule has 0 N–H and O–H groups in total. The van der Waals surface area contributed by atoms with Crippen LogP contribution in [0, 0.1) is 0 Å². The van der Waals surface area contributed by atoms with Crippen LogP contribution in [-0.2, 0) is 63.6 Å². The van der Waals surface area contributed by atoms with Crippen LogP contribution in [0.2, 0.25) is 0 Å². The van der Waals surface area contributed by atoms with Crippen molar-refractivity contribution in [2.75, 3.05) is 24.7 Å². The predicted octanol–water partition coefficient (Wildman–Crippen LogP) is 15.8. The molecule has 0 aliphatic heterocycles. The first-order valence-electron chi connectivity index (χ1n) is 23.1. The van der Waals surface area contributed by atoms with Gasteiger partial charge in [-0.3, -0.25) is 4.79 Å². The molecule has 0 saturated carbocycles. The fourth-order valence-corrected chi connectivity index (χ4v) is 11.2. The number of ketones is 1. The van der Waals surface area contributed by atoms with E-state index in [1.54, 1.807) is 12.1 Å². The van der Waals surface area contributed by atoms with E-state index >= 15 is 0 Å². The molecule has 0 fully saturated rings. The lowest BCUT2D eigenvalue weighted by Gasteiger charge is -2.46. The molecule has 0 aromatic heterocycles. The zero-order valence-corrected chi connectivity index (χ0v) is 42.4. The van der Waals surface area contributed by atoms with Crippen LogP contribution in [0.15, 0.2) is 168 Å². The van der Waals surface area contributed by atoms with Crippen LogP contribution in [0.25, 0.3) is 0 Å². The van der Waals surface area contributed by atoms with Crippen LogP contribution < -0.4 is 26.8 Å². The van der Waals surface area contributed by atoms with Gasteiger partial charge in [-0.25, -0.2) is 0 Å². The van der Waals surface area contributed by atoms with Crippen molar-refractivity contribution in [1.82, 2.24) is 0 Å². The normalized spacial score (nSPS) is 13.3. The van der Waals surface area contributed by atoms with Gasteiger partial charge in [-0.05, 0) is 72.8 Å². The van der Waals surface area contributed by atoms with Gasteiger partial charge in [0, 0.05) is 25.3 Å². The monoisotopic (exact) mass is 1230 g/mol. The van der Waals surface area contributed by atoms with Crippen LogP contribution in [0.5, 0.6) is 0 Å². The molecule has 0 aliphatic carbocycles. The molecule has 0 bridgehead atoms. The van der Waals surface area contributed by atoms with Crippen molar-refractivity contribution in [2.24, 2.45) is 0 Å². The van der Waals surface area contributed by atoms with E-state index in [2.05, 4.69) is 0 Å². The predicted molar refractivity (Wildman–Crippen MR) is 258 cm³/mol. The van der Waals surface area contributed by atoms with Gasteiger partial charge in [0.05, 0.1) is 44.5 Å². The Kier molecular flexibility index (Phi) is 17.6. The SMILES string of the molecule is CN(C)c1ccc(C(=O)C[S+](=O)(c2ccccc2)c2ccccc2)cc1.FC(F)(F)c1cc([B-](c2cc(C(F)(F)F)cc(C(F)(F)F)c2)(c2cc(C(F)(F)F)cc(C(F)(F)F)c2)c2cc(C(F)(F)F)cc(C(F)(F)F)c2)cc(C(F)(F)F)c1. The van der Waals surface area contributed by atoms with Crippen molar-refractivity contribution in [1.29, 1.82) is 0 Å². The first kappa shape index (κ1) is 64.7. The minimum Gasteiger partial charge on any atom is -0.378 e. The van der Waals surface area contributed by atoms with Gasteiger partial charge in [0.1, 0.15) is 6.15 Å². The summed E-state index contributed by atoms with van der Waals surface area (Å²) in [5.41, 5.74) is -28.6. The number of hydrogen-bond donors (Lipinski definition) is 0. The largest absolute Gasteiger partial charge is 0.416 e. The molecular formula is C54H34BF24NO2S. The zero-order chi connectivity index (χ0) is 62.5. The summed E-state index contributed by atoms with van der Waals surface area (Å²) in [4.78, 5) is 16.2. The molecule has 3 nitrogen and oxygen atoms in total. The van der Waals surface area contributed by atoms with E-state index in [0.29, 0.717) is 15.4 Å². The molecule has 7 aromatic carbocycles. The van der Waals surface area contributed by atoms with Crippen LogP contribution in [0.1, 0.15) is 54.9 Å². The molecule has 444 valence electrons. The highest BCUT2D eigenvalue weighted by atomic mass is 32.2. The third-order valence-corrected chi connectivity index (χ3v) is 15.5. The Morgan fingerprint density at radius 1 is 0.349 bits per heavy atom. The van der Waals surface area contributed by atoms with E-state index in [1.165, 1.54) is 0 Å². The molecular weight excluding hydrogens is 1190 g/mol. The number of Topliss-reactive ketones (excluding diaryl/α,β-unsaturated/α-hetero) is 1. The van der Waals surface area contributed by atoms with Crippen molar-refractivity contribution >= 4 is 49.4 Å². The fourth-order valence-electron chi connectivity index (χ4n) is 8.87. The second kappa shape index (κ2) is 22.6. The number of hydrogen-bond acceptors (Lipinski definition) is 3. The van der Waals surface area contributed by atoms with E-state index < -0.39 is 205 Å². The summed E-state index contributed by atoms with van der Waals surface area (Å²) >= 11 is 0. The van der Waals surface area contributed by atoms with Crippen LogP contribution in [0.3, 0.4) is 0 Å². The number of benzene rings is 7. The number of halogens is 24. The first-order valence-corrected chi connectivity index (χ1v) is 24.8. The van der Waals surface area contributed by atoms with Gasteiger partial charge in [-0.1, -0.05) is 89.1 Å². The lowest BCUT2D eigenvalue weighted by molar-refractivity contribution is -0.144. The Bertz CT molecular complexity index is 3020. The molecule has 0 aliphatic rings. The first-order chi connectivity index (χ1) is 37.8. The summed E-state index contributed by atoms with van der Waals surface area (Å²) in [5, 5.41) is 0. The Hall–Kier alpha value is -7.46. The van der Waals surface area contributed by atoms with Crippen molar-refractivity contribution in [3.05, 3.63) is 208 Å². The number of rotatable bonds is 10. The molecule has 0 spiro atoms. The summed E-state index contributed by atoms with van der Waals surface area (Å²) in [7, 11) is 1.23. The molecule has 0 saturated heterocycles. The highest BCUT2D eigenvalue weighted by Gasteiger charge is 2.47. The molecule has 0 amide bonds. The lowest BCUT2D eigenvalue weighted by atomic mass is 9.12. The third kappa shape index (κ3) is 14.7. The number of carbonyl (C=O) groups is 1. The maximum Gasteiger partial charge on any atom is 0.416 e. The van der Waals surface area contributed by atoms with E-state index in [9.17, 15) is 114 Å². The summed E-state index contributed by atoms with van der Waals surface area (Å²) in [6.45, 7) is 0. The fraction of sp³-hybridized carbons (Fsp3) is 0.204. The van der Waals surface area contributed by atoms with E-state index in [0.717, 1.165) is 5.69 Å². The molecule has 0 unspecified atom stereocenters.